The molecule has 16 heavy (non-hydrogen) atoms. The highest BCUT2D eigenvalue weighted by molar-refractivity contribution is 7.90. The van der Waals surface area contributed by atoms with Gasteiger partial charge in [-0.3, -0.25) is 19.8 Å². The molecule has 1 aliphatic heterocycles. The quantitative estimate of drug-likeness (QED) is 0.636. The predicted octanol–water partition coefficient (Wildman–Crippen LogP) is -1.11. The molecule has 0 bridgehead atoms. The molecule has 0 spiro atoms. The van der Waals surface area contributed by atoms with Crippen molar-refractivity contribution in [2.45, 2.75) is 12.8 Å². The number of sulfone groups is 1. The number of nitrogens with zero attached hydrogens (tertiary/aromatic N) is 1. The lowest BCUT2D eigenvalue weighted by Gasteiger charge is -2.24. The van der Waals surface area contributed by atoms with Gasteiger partial charge in [-0.1, -0.05) is 0 Å². The Bertz CT molecular complexity index is 408. The Morgan fingerprint density at radius 3 is 2.44 bits per heavy atom. The molecule has 0 aromatic heterocycles. The van der Waals surface area contributed by atoms with E-state index in [9.17, 15) is 22.8 Å². The van der Waals surface area contributed by atoms with Crippen molar-refractivity contribution < 1.29 is 22.8 Å². The molecule has 1 rings (SSSR count). The van der Waals surface area contributed by atoms with Crippen LogP contribution in [-0.4, -0.2) is 49.7 Å². The first kappa shape index (κ1) is 12.6. The molecule has 1 N–H and O–H groups in total. The van der Waals surface area contributed by atoms with Gasteiger partial charge in [0.05, 0.1) is 5.75 Å². The van der Waals surface area contributed by atoms with Gasteiger partial charge in [-0.15, -0.1) is 0 Å². The number of carbonyl (C=O) groups is 3. The molecule has 8 heteroatoms. The summed E-state index contributed by atoms with van der Waals surface area (Å²) in [7, 11) is -3.11. The van der Waals surface area contributed by atoms with Crippen LogP contribution in [0.2, 0.25) is 0 Å². The van der Waals surface area contributed by atoms with Crippen LogP contribution in [0.5, 0.6) is 0 Å². The second-order valence-electron chi connectivity index (χ2n) is 3.56. The first-order chi connectivity index (χ1) is 7.29. The summed E-state index contributed by atoms with van der Waals surface area (Å²) in [5, 5.41) is 1.99. The average Bonchev–Trinajstić information content (AvgIpc) is 2.07. The number of hydrogen-bond acceptors (Lipinski definition) is 5. The van der Waals surface area contributed by atoms with Crippen LogP contribution in [0.3, 0.4) is 0 Å². The molecule has 0 aromatic carbocycles. The van der Waals surface area contributed by atoms with Crippen molar-refractivity contribution in [3.63, 3.8) is 0 Å². The van der Waals surface area contributed by atoms with E-state index in [2.05, 4.69) is 0 Å². The number of hydrogen-bond donors (Lipinski definition) is 1. The van der Waals surface area contributed by atoms with Gasteiger partial charge >= 0.3 is 6.03 Å². The monoisotopic (exact) mass is 248 g/mol. The van der Waals surface area contributed by atoms with Gasteiger partial charge in [-0.25, -0.2) is 13.2 Å². The summed E-state index contributed by atoms with van der Waals surface area (Å²) in [5.41, 5.74) is 0. The fourth-order valence-corrected chi connectivity index (χ4v) is 1.94. The molecule has 0 unspecified atom stereocenters. The smallest absolute Gasteiger partial charge is 0.277 e. The van der Waals surface area contributed by atoms with Crippen molar-refractivity contribution >= 4 is 27.7 Å². The third-order valence-corrected chi connectivity index (χ3v) is 3.03. The van der Waals surface area contributed by atoms with Crippen LogP contribution in [0.15, 0.2) is 0 Å². The van der Waals surface area contributed by atoms with Crippen molar-refractivity contribution in [3.05, 3.63) is 0 Å². The molecule has 0 saturated carbocycles. The molecule has 1 fully saturated rings. The van der Waals surface area contributed by atoms with Gasteiger partial charge in [-0.05, 0) is 6.42 Å². The van der Waals surface area contributed by atoms with Gasteiger partial charge in [0.1, 0.15) is 16.3 Å². The van der Waals surface area contributed by atoms with Crippen molar-refractivity contribution in [3.8, 4) is 0 Å². The van der Waals surface area contributed by atoms with Crippen LogP contribution >= 0.6 is 0 Å². The molecule has 1 saturated heterocycles. The minimum Gasteiger partial charge on any atom is -0.277 e. The number of urea groups is 1. The van der Waals surface area contributed by atoms with Crippen LogP contribution in [0.4, 0.5) is 4.79 Å². The number of imide groups is 2. The summed E-state index contributed by atoms with van der Waals surface area (Å²) in [5.74, 6) is -1.32. The van der Waals surface area contributed by atoms with E-state index in [1.165, 1.54) is 0 Å². The zero-order valence-corrected chi connectivity index (χ0v) is 9.54. The first-order valence-corrected chi connectivity index (χ1v) is 6.67. The minimum absolute atomic E-state index is 0.00498. The van der Waals surface area contributed by atoms with Crippen molar-refractivity contribution in [1.82, 2.24) is 10.2 Å². The highest BCUT2D eigenvalue weighted by Gasteiger charge is 2.30. The van der Waals surface area contributed by atoms with E-state index in [1.54, 1.807) is 0 Å². The molecule has 0 radical (unpaired) electrons. The maximum atomic E-state index is 11.3. The van der Waals surface area contributed by atoms with E-state index in [4.69, 9.17) is 0 Å². The lowest BCUT2D eigenvalue weighted by atomic mass is 10.3. The molecular formula is C8H12N2O5S. The zero-order chi connectivity index (χ0) is 12.3. The molecule has 7 nitrogen and oxygen atoms in total. The van der Waals surface area contributed by atoms with Gasteiger partial charge in [0.15, 0.2) is 0 Å². The number of barbiturate groups is 1. The van der Waals surface area contributed by atoms with Crippen LogP contribution in [-0.2, 0) is 19.4 Å². The van der Waals surface area contributed by atoms with Crippen molar-refractivity contribution in [1.29, 1.82) is 0 Å². The fourth-order valence-electron chi connectivity index (χ4n) is 1.29. The van der Waals surface area contributed by atoms with E-state index in [1.807, 2.05) is 5.32 Å². The number of nitrogens with one attached hydrogen (secondary N) is 1. The van der Waals surface area contributed by atoms with E-state index in [0.717, 1.165) is 11.2 Å². The Balaban J connectivity index is 2.51. The Hall–Kier alpha value is -1.44. The van der Waals surface area contributed by atoms with E-state index >= 15 is 0 Å². The Labute approximate surface area is 92.7 Å². The van der Waals surface area contributed by atoms with Gasteiger partial charge in [0.25, 0.3) is 0 Å². The lowest BCUT2D eigenvalue weighted by molar-refractivity contribution is -0.136. The van der Waals surface area contributed by atoms with Gasteiger partial charge < -0.3 is 0 Å². The van der Waals surface area contributed by atoms with Crippen molar-refractivity contribution in [2.24, 2.45) is 0 Å². The number of carbonyl (C=O) groups excluding carboxylic acids is 3. The molecule has 1 aliphatic rings. The van der Waals surface area contributed by atoms with E-state index in [-0.39, 0.29) is 25.1 Å². The van der Waals surface area contributed by atoms with E-state index in [0.29, 0.717) is 0 Å². The molecule has 0 aliphatic carbocycles. The maximum Gasteiger partial charge on any atom is 0.330 e. The topological polar surface area (TPSA) is 101 Å². The van der Waals surface area contributed by atoms with Gasteiger partial charge in [-0.2, -0.15) is 0 Å². The lowest BCUT2D eigenvalue weighted by Crippen LogP contribution is -2.53. The summed E-state index contributed by atoms with van der Waals surface area (Å²) >= 11 is 0. The van der Waals surface area contributed by atoms with Crippen LogP contribution in [0.1, 0.15) is 12.8 Å². The number of rotatable bonds is 4. The molecule has 4 amide bonds. The van der Waals surface area contributed by atoms with Crippen LogP contribution < -0.4 is 5.32 Å². The second-order valence-corrected chi connectivity index (χ2v) is 5.82. The van der Waals surface area contributed by atoms with Gasteiger partial charge in [0.2, 0.25) is 11.8 Å². The fraction of sp³-hybridized carbons (Fsp3) is 0.625. The van der Waals surface area contributed by atoms with Crippen molar-refractivity contribution in [2.75, 3.05) is 18.6 Å². The summed E-state index contributed by atoms with van der Waals surface area (Å²) in [4.78, 5) is 34.1. The minimum atomic E-state index is -3.11. The normalized spacial score (nSPS) is 17.6. The Morgan fingerprint density at radius 2 is 1.94 bits per heavy atom. The largest absolute Gasteiger partial charge is 0.330 e. The molecule has 90 valence electrons. The summed E-state index contributed by atoms with van der Waals surface area (Å²) in [6.07, 6.45) is 0.880. The molecule has 1 heterocycles. The van der Waals surface area contributed by atoms with Gasteiger partial charge in [0, 0.05) is 12.8 Å². The van der Waals surface area contributed by atoms with E-state index < -0.39 is 27.7 Å². The first-order valence-electron chi connectivity index (χ1n) is 4.61. The summed E-state index contributed by atoms with van der Waals surface area (Å²) < 4.78 is 21.7. The summed E-state index contributed by atoms with van der Waals surface area (Å²) in [6.45, 7) is 0.00498. The molecular weight excluding hydrogens is 236 g/mol. The second kappa shape index (κ2) is 4.60. The molecule has 0 aromatic rings. The zero-order valence-electron chi connectivity index (χ0n) is 8.73. The third kappa shape index (κ3) is 3.61. The maximum absolute atomic E-state index is 11.3. The number of amides is 4. The standard InChI is InChI=1S/C8H12N2O5S/c1-16(14,15)4-2-3-10-7(12)5-6(11)9-8(10)13/h2-5H2,1H3,(H,9,11,13). The average molecular weight is 248 g/mol. The highest BCUT2D eigenvalue weighted by Crippen LogP contribution is 2.04. The summed E-state index contributed by atoms with van der Waals surface area (Å²) in [6, 6.07) is -0.783. The third-order valence-electron chi connectivity index (χ3n) is 2.00. The van der Waals surface area contributed by atoms with Crippen LogP contribution in [0.25, 0.3) is 0 Å². The predicted molar refractivity (Wildman–Crippen MR) is 54.2 cm³/mol. The Morgan fingerprint density at radius 1 is 1.31 bits per heavy atom. The highest BCUT2D eigenvalue weighted by atomic mass is 32.2. The SMILES string of the molecule is CS(=O)(=O)CCCN1C(=O)CC(=O)NC1=O. The molecule has 0 atom stereocenters. The van der Waals surface area contributed by atoms with Crippen LogP contribution in [0, 0.1) is 0 Å². The Kier molecular flexibility index (Phi) is 3.63.